The molecule has 0 fully saturated rings. The molecule has 1 heterocycles. The lowest BCUT2D eigenvalue weighted by molar-refractivity contribution is 0.687. The summed E-state index contributed by atoms with van der Waals surface area (Å²) in [5, 5.41) is 11.4. The number of anilines is 2. The van der Waals surface area contributed by atoms with E-state index in [0.717, 1.165) is 24.3 Å². The summed E-state index contributed by atoms with van der Waals surface area (Å²) in [6.07, 6.45) is 4.70. The van der Waals surface area contributed by atoms with Crippen molar-refractivity contribution in [1.29, 1.82) is 0 Å². The van der Waals surface area contributed by atoms with Crippen molar-refractivity contribution < 1.29 is 0 Å². The van der Waals surface area contributed by atoms with Gasteiger partial charge in [0.2, 0.25) is 0 Å². The monoisotopic (exact) mass is 350 g/mol. The Balaban J connectivity index is 1.61. The zero-order valence-electron chi connectivity index (χ0n) is 14.5. The lowest BCUT2D eigenvalue weighted by Gasteiger charge is -2.12. The van der Waals surface area contributed by atoms with Gasteiger partial charge in [-0.1, -0.05) is 55.0 Å². The molecule has 3 rings (SSSR count). The molecule has 0 aliphatic heterocycles. The van der Waals surface area contributed by atoms with Crippen LogP contribution in [0.15, 0.2) is 60.9 Å². The van der Waals surface area contributed by atoms with E-state index in [2.05, 4.69) is 59.9 Å². The maximum absolute atomic E-state index is 5.42. The zero-order chi connectivity index (χ0) is 17.6. The first-order valence-electron chi connectivity index (χ1n) is 8.38. The van der Waals surface area contributed by atoms with Crippen LogP contribution in [-0.2, 0) is 13.0 Å². The number of nitrogens with one attached hydrogen (secondary N) is 2. The molecule has 5 heteroatoms. The van der Waals surface area contributed by atoms with E-state index < -0.39 is 0 Å². The number of rotatable bonds is 5. The van der Waals surface area contributed by atoms with E-state index in [9.17, 15) is 0 Å². The van der Waals surface area contributed by atoms with Gasteiger partial charge >= 0.3 is 0 Å². The Morgan fingerprint density at radius 3 is 2.60 bits per heavy atom. The minimum atomic E-state index is 0.566. The minimum absolute atomic E-state index is 0.566. The van der Waals surface area contributed by atoms with Crippen molar-refractivity contribution in [3.8, 4) is 0 Å². The van der Waals surface area contributed by atoms with Gasteiger partial charge in [-0.05, 0) is 42.8 Å². The van der Waals surface area contributed by atoms with E-state index in [4.69, 9.17) is 12.2 Å². The normalized spacial score (nSPS) is 10.5. The molecule has 0 radical (unpaired) electrons. The molecule has 2 N–H and O–H groups in total. The fraction of sp³-hybridized carbons (Fsp3) is 0.200. The SMILES string of the molecule is CCc1ccccc1NC(=S)Nc1cnn(Cc2ccc(C)cc2)c1. The molecule has 0 unspecified atom stereocenters. The van der Waals surface area contributed by atoms with E-state index in [-0.39, 0.29) is 0 Å². The Hall–Kier alpha value is -2.66. The standard InChI is InChI=1S/C20H22N4S/c1-3-17-6-4-5-7-19(17)23-20(25)22-18-12-21-24(14-18)13-16-10-8-15(2)9-11-16/h4-12,14H,3,13H2,1-2H3,(H2,22,23,25). The van der Waals surface area contributed by atoms with E-state index in [0.29, 0.717) is 5.11 Å². The fourth-order valence-corrected chi connectivity index (χ4v) is 2.86. The molecule has 1 aromatic heterocycles. The van der Waals surface area contributed by atoms with Gasteiger partial charge in [-0.2, -0.15) is 5.10 Å². The van der Waals surface area contributed by atoms with Crippen LogP contribution in [0.2, 0.25) is 0 Å². The molecular weight excluding hydrogens is 328 g/mol. The summed E-state index contributed by atoms with van der Waals surface area (Å²) < 4.78 is 1.90. The average molecular weight is 350 g/mol. The average Bonchev–Trinajstić information content (AvgIpc) is 3.04. The van der Waals surface area contributed by atoms with Gasteiger partial charge in [0.25, 0.3) is 0 Å². The quantitative estimate of drug-likeness (QED) is 0.659. The summed E-state index contributed by atoms with van der Waals surface area (Å²) in [6.45, 7) is 4.96. The number of thiocarbonyl (C=S) groups is 1. The van der Waals surface area contributed by atoms with Gasteiger partial charge in [0.15, 0.2) is 5.11 Å². The molecule has 128 valence electrons. The molecule has 0 aliphatic carbocycles. The van der Waals surface area contributed by atoms with Crippen LogP contribution < -0.4 is 10.6 Å². The maximum Gasteiger partial charge on any atom is 0.175 e. The minimum Gasteiger partial charge on any atom is -0.332 e. The molecule has 0 amide bonds. The van der Waals surface area contributed by atoms with Gasteiger partial charge in [-0.15, -0.1) is 0 Å². The maximum atomic E-state index is 5.42. The number of nitrogens with zero attached hydrogens (tertiary/aromatic N) is 2. The summed E-state index contributed by atoms with van der Waals surface area (Å²) in [4.78, 5) is 0. The van der Waals surface area contributed by atoms with Gasteiger partial charge in [0.1, 0.15) is 0 Å². The van der Waals surface area contributed by atoms with E-state index in [1.165, 1.54) is 16.7 Å². The van der Waals surface area contributed by atoms with Crippen LogP contribution in [0, 0.1) is 6.92 Å². The Morgan fingerprint density at radius 2 is 1.84 bits per heavy atom. The summed E-state index contributed by atoms with van der Waals surface area (Å²) in [5.41, 5.74) is 5.63. The number of para-hydroxylation sites is 1. The number of benzene rings is 2. The first kappa shape index (κ1) is 17.2. The lowest BCUT2D eigenvalue weighted by atomic mass is 10.1. The molecule has 0 spiro atoms. The van der Waals surface area contributed by atoms with Crippen LogP contribution in [0.25, 0.3) is 0 Å². The first-order chi connectivity index (χ1) is 12.1. The van der Waals surface area contributed by atoms with Crippen molar-refractivity contribution in [3.05, 3.63) is 77.6 Å². The predicted molar refractivity (Wildman–Crippen MR) is 108 cm³/mol. The van der Waals surface area contributed by atoms with Gasteiger partial charge in [-0.25, -0.2) is 0 Å². The van der Waals surface area contributed by atoms with E-state index >= 15 is 0 Å². The Kier molecular flexibility index (Phi) is 5.46. The molecule has 3 aromatic rings. The largest absolute Gasteiger partial charge is 0.332 e. The number of hydrogen-bond donors (Lipinski definition) is 2. The molecule has 25 heavy (non-hydrogen) atoms. The summed E-state index contributed by atoms with van der Waals surface area (Å²) in [6, 6.07) is 16.7. The number of aromatic nitrogens is 2. The highest BCUT2D eigenvalue weighted by molar-refractivity contribution is 7.80. The lowest BCUT2D eigenvalue weighted by Crippen LogP contribution is -2.19. The van der Waals surface area contributed by atoms with Crippen LogP contribution >= 0.6 is 12.2 Å². The second-order valence-corrected chi connectivity index (χ2v) is 6.41. The molecule has 0 saturated carbocycles. The molecule has 0 bridgehead atoms. The van der Waals surface area contributed by atoms with Crippen molar-refractivity contribution in [2.45, 2.75) is 26.8 Å². The molecule has 0 aliphatic rings. The molecule has 2 aromatic carbocycles. The Bertz CT molecular complexity index is 852. The van der Waals surface area contributed by atoms with Gasteiger partial charge in [-0.3, -0.25) is 4.68 Å². The third-order valence-electron chi connectivity index (χ3n) is 4.00. The van der Waals surface area contributed by atoms with E-state index in [1.54, 1.807) is 6.20 Å². The van der Waals surface area contributed by atoms with Crippen LogP contribution in [0.4, 0.5) is 11.4 Å². The second kappa shape index (κ2) is 7.94. The highest BCUT2D eigenvalue weighted by Gasteiger charge is 2.05. The van der Waals surface area contributed by atoms with Gasteiger partial charge in [0.05, 0.1) is 18.4 Å². The van der Waals surface area contributed by atoms with Crippen LogP contribution in [0.3, 0.4) is 0 Å². The van der Waals surface area contributed by atoms with Crippen LogP contribution in [-0.4, -0.2) is 14.9 Å². The first-order valence-corrected chi connectivity index (χ1v) is 8.79. The smallest absolute Gasteiger partial charge is 0.175 e. The molecular formula is C20H22N4S. The highest BCUT2D eigenvalue weighted by Crippen LogP contribution is 2.16. The molecule has 4 nitrogen and oxygen atoms in total. The Morgan fingerprint density at radius 1 is 1.08 bits per heavy atom. The van der Waals surface area contributed by atoms with Crippen LogP contribution in [0.1, 0.15) is 23.6 Å². The fourth-order valence-electron chi connectivity index (χ4n) is 2.63. The number of hydrogen-bond acceptors (Lipinski definition) is 2. The zero-order valence-corrected chi connectivity index (χ0v) is 15.3. The number of aryl methyl sites for hydroxylation is 2. The van der Waals surface area contributed by atoms with Gasteiger partial charge < -0.3 is 10.6 Å². The van der Waals surface area contributed by atoms with Gasteiger partial charge in [0, 0.05) is 11.9 Å². The van der Waals surface area contributed by atoms with Crippen molar-refractivity contribution >= 4 is 28.7 Å². The van der Waals surface area contributed by atoms with Crippen molar-refractivity contribution in [2.24, 2.45) is 0 Å². The van der Waals surface area contributed by atoms with Crippen molar-refractivity contribution in [2.75, 3.05) is 10.6 Å². The summed E-state index contributed by atoms with van der Waals surface area (Å²) >= 11 is 5.42. The topological polar surface area (TPSA) is 41.9 Å². The van der Waals surface area contributed by atoms with Crippen molar-refractivity contribution in [1.82, 2.24) is 9.78 Å². The predicted octanol–water partition coefficient (Wildman–Crippen LogP) is 4.61. The summed E-state index contributed by atoms with van der Waals surface area (Å²) in [5.74, 6) is 0. The highest BCUT2D eigenvalue weighted by atomic mass is 32.1. The van der Waals surface area contributed by atoms with Crippen molar-refractivity contribution in [3.63, 3.8) is 0 Å². The molecule has 0 atom stereocenters. The van der Waals surface area contributed by atoms with Crippen LogP contribution in [0.5, 0.6) is 0 Å². The third-order valence-corrected chi connectivity index (χ3v) is 4.21. The Labute approximate surface area is 153 Å². The molecule has 0 saturated heterocycles. The van der Waals surface area contributed by atoms with E-state index in [1.807, 2.05) is 29.1 Å². The third kappa shape index (κ3) is 4.67. The second-order valence-electron chi connectivity index (χ2n) is 6.00. The summed E-state index contributed by atoms with van der Waals surface area (Å²) in [7, 11) is 0.